The predicted molar refractivity (Wildman–Crippen MR) is 125 cm³/mol. The van der Waals surface area contributed by atoms with Crippen LogP contribution < -0.4 is 10.6 Å². The van der Waals surface area contributed by atoms with Crippen LogP contribution in [0.1, 0.15) is 17.2 Å². The molecule has 1 aromatic carbocycles. The molecule has 0 bridgehead atoms. The lowest BCUT2D eigenvalue weighted by molar-refractivity contribution is 0.298. The number of nitrogens with one attached hydrogen (secondary N) is 2. The average molecular weight is 493 g/mol. The van der Waals surface area contributed by atoms with Gasteiger partial charge in [0.2, 0.25) is 0 Å². The van der Waals surface area contributed by atoms with Crippen molar-refractivity contribution in [3.63, 3.8) is 0 Å². The largest absolute Gasteiger partial charge is 0.354 e. The minimum Gasteiger partial charge on any atom is -0.354 e. The first-order chi connectivity index (χ1) is 13.1. The Morgan fingerprint density at radius 2 is 2.00 bits per heavy atom. The molecule has 3 rings (SSSR count). The van der Waals surface area contributed by atoms with Gasteiger partial charge in [0.1, 0.15) is 0 Å². The second-order valence-electron chi connectivity index (χ2n) is 6.72. The number of likely N-dealkylation sites (N-methyl/N-ethyl adjacent to an activating group) is 1. The monoisotopic (exact) mass is 493 g/mol. The highest BCUT2D eigenvalue weighted by molar-refractivity contribution is 14.0. The van der Waals surface area contributed by atoms with Gasteiger partial charge in [-0.3, -0.25) is 14.7 Å². The van der Waals surface area contributed by atoms with Gasteiger partial charge >= 0.3 is 0 Å². The zero-order valence-electron chi connectivity index (χ0n) is 16.8. The Bertz CT molecular complexity index is 914. The van der Waals surface area contributed by atoms with Crippen LogP contribution in [0.25, 0.3) is 10.9 Å². The van der Waals surface area contributed by atoms with E-state index < -0.39 is 0 Å². The van der Waals surface area contributed by atoms with Crippen molar-refractivity contribution in [1.82, 2.24) is 30.3 Å². The molecule has 2 N–H and O–H groups in total. The van der Waals surface area contributed by atoms with Gasteiger partial charge < -0.3 is 15.5 Å². The number of hydrogen-bond acceptors (Lipinski definition) is 4. The first-order valence-corrected chi connectivity index (χ1v) is 9.00. The number of aryl methyl sites for hydroxylation is 1. The van der Waals surface area contributed by atoms with Gasteiger partial charge in [0.15, 0.2) is 5.96 Å². The summed E-state index contributed by atoms with van der Waals surface area (Å²) < 4.78 is 1.83. The lowest BCUT2D eigenvalue weighted by atomic mass is 10.1. The van der Waals surface area contributed by atoms with Crippen molar-refractivity contribution >= 4 is 40.8 Å². The third-order valence-electron chi connectivity index (χ3n) is 4.61. The number of halogens is 1. The Labute approximate surface area is 183 Å². The van der Waals surface area contributed by atoms with Crippen molar-refractivity contribution in [1.29, 1.82) is 0 Å². The third-order valence-corrected chi connectivity index (χ3v) is 4.61. The van der Waals surface area contributed by atoms with E-state index in [1.54, 1.807) is 7.05 Å². The van der Waals surface area contributed by atoms with Crippen molar-refractivity contribution in [3.05, 3.63) is 60.0 Å². The topological polar surface area (TPSA) is 70.4 Å². The van der Waals surface area contributed by atoms with Crippen LogP contribution in [0, 0.1) is 0 Å². The maximum absolute atomic E-state index is 4.42. The minimum atomic E-state index is 0. The Kier molecular flexibility index (Phi) is 8.18. The molecule has 0 aliphatic heterocycles. The van der Waals surface area contributed by atoms with Crippen molar-refractivity contribution in [2.45, 2.75) is 12.6 Å². The van der Waals surface area contributed by atoms with Crippen LogP contribution >= 0.6 is 24.0 Å². The molecule has 1 unspecified atom stereocenters. The molecule has 28 heavy (non-hydrogen) atoms. The molecule has 0 amide bonds. The molecule has 0 fully saturated rings. The molecule has 0 saturated carbocycles. The smallest absolute Gasteiger partial charge is 0.191 e. The number of nitrogens with zero attached hydrogens (tertiary/aromatic N) is 5. The summed E-state index contributed by atoms with van der Waals surface area (Å²) in [5.41, 5.74) is 3.37. The summed E-state index contributed by atoms with van der Waals surface area (Å²) in [7, 11) is 7.86. The quantitative estimate of drug-likeness (QED) is 0.314. The van der Waals surface area contributed by atoms with E-state index in [1.165, 1.54) is 11.1 Å². The highest BCUT2D eigenvalue weighted by Gasteiger charge is 2.16. The molecule has 150 valence electrons. The summed E-state index contributed by atoms with van der Waals surface area (Å²) in [6.45, 7) is 1.41. The molecule has 3 aromatic rings. The van der Waals surface area contributed by atoms with Gasteiger partial charge in [0.05, 0.1) is 17.8 Å². The minimum absolute atomic E-state index is 0. The van der Waals surface area contributed by atoms with E-state index in [4.69, 9.17) is 0 Å². The lowest BCUT2D eigenvalue weighted by Gasteiger charge is -2.24. The number of hydrogen-bond donors (Lipinski definition) is 2. The molecule has 0 aliphatic carbocycles. The summed E-state index contributed by atoms with van der Waals surface area (Å²) in [6, 6.07) is 10.4. The van der Waals surface area contributed by atoms with Gasteiger partial charge in [-0.1, -0.05) is 18.2 Å². The summed E-state index contributed by atoms with van der Waals surface area (Å²) in [5.74, 6) is 0.770. The van der Waals surface area contributed by atoms with Gasteiger partial charge in [-0.2, -0.15) is 5.10 Å². The summed E-state index contributed by atoms with van der Waals surface area (Å²) in [5, 5.41) is 12.3. The van der Waals surface area contributed by atoms with Crippen LogP contribution in [0.15, 0.2) is 53.9 Å². The zero-order chi connectivity index (χ0) is 19.2. The fraction of sp³-hybridized carbons (Fsp3) is 0.350. The van der Waals surface area contributed by atoms with Crippen LogP contribution in [0.3, 0.4) is 0 Å². The normalized spacial score (nSPS) is 12.7. The Morgan fingerprint density at radius 3 is 2.68 bits per heavy atom. The highest BCUT2D eigenvalue weighted by atomic mass is 127. The number of fused-ring (bicyclic) bond motifs is 1. The molecule has 2 heterocycles. The van der Waals surface area contributed by atoms with E-state index >= 15 is 0 Å². The lowest BCUT2D eigenvalue weighted by Crippen LogP contribution is -2.41. The molecule has 0 radical (unpaired) electrons. The van der Waals surface area contributed by atoms with Crippen LogP contribution in [0.2, 0.25) is 0 Å². The molecular formula is C20H28IN7. The molecule has 2 aromatic heterocycles. The van der Waals surface area contributed by atoms with Crippen molar-refractivity contribution in [2.75, 3.05) is 27.7 Å². The molecule has 0 spiro atoms. The second-order valence-corrected chi connectivity index (χ2v) is 6.72. The maximum Gasteiger partial charge on any atom is 0.191 e. The van der Waals surface area contributed by atoms with Gasteiger partial charge in [0.25, 0.3) is 0 Å². The molecule has 8 heteroatoms. The molecule has 0 saturated heterocycles. The van der Waals surface area contributed by atoms with Gasteiger partial charge in [-0.25, -0.2) is 0 Å². The molecule has 0 aliphatic rings. The van der Waals surface area contributed by atoms with E-state index in [-0.39, 0.29) is 30.0 Å². The standard InChI is InChI=1S/C20H27N7.HI/c1-21-20(24-13-19(26(2)3)16-12-25-27(4)14-16)23-11-15-9-10-22-18-8-6-5-7-17(15)18;/h5-10,12,14,19H,11,13H2,1-4H3,(H2,21,23,24);1H. The Balaban J connectivity index is 0.00000280. The van der Waals surface area contributed by atoms with Gasteiger partial charge in [-0.05, 0) is 31.8 Å². The molecular weight excluding hydrogens is 465 g/mol. The number of aromatic nitrogens is 3. The number of guanidine groups is 1. The number of pyridine rings is 1. The van der Waals surface area contributed by atoms with Crippen molar-refractivity contribution in [3.8, 4) is 0 Å². The van der Waals surface area contributed by atoms with Gasteiger partial charge in [0, 0.05) is 50.5 Å². The molecule has 7 nitrogen and oxygen atoms in total. The van der Waals surface area contributed by atoms with E-state index in [2.05, 4.69) is 50.8 Å². The fourth-order valence-electron chi connectivity index (χ4n) is 3.11. The van der Waals surface area contributed by atoms with Crippen molar-refractivity contribution < 1.29 is 0 Å². The predicted octanol–water partition coefficient (Wildman–Crippen LogP) is 2.55. The fourth-order valence-corrected chi connectivity index (χ4v) is 3.11. The maximum atomic E-state index is 4.42. The van der Waals surface area contributed by atoms with Crippen LogP contribution in [-0.4, -0.2) is 53.3 Å². The van der Waals surface area contributed by atoms with E-state index in [0.29, 0.717) is 6.54 Å². The Hall–Kier alpha value is -2.20. The number of benzene rings is 1. The first kappa shape index (κ1) is 22.1. The summed E-state index contributed by atoms with van der Waals surface area (Å²) >= 11 is 0. The second kappa shape index (κ2) is 10.4. The van der Waals surface area contributed by atoms with Crippen LogP contribution in [0.4, 0.5) is 0 Å². The molecule has 1 atom stereocenters. The van der Waals surface area contributed by atoms with E-state index in [9.17, 15) is 0 Å². The SMILES string of the molecule is CN=C(NCc1ccnc2ccccc12)NCC(c1cnn(C)c1)N(C)C.I. The summed E-state index contributed by atoms with van der Waals surface area (Å²) in [6.07, 6.45) is 5.80. The first-order valence-electron chi connectivity index (χ1n) is 9.00. The van der Waals surface area contributed by atoms with Gasteiger partial charge in [-0.15, -0.1) is 24.0 Å². The Morgan fingerprint density at radius 1 is 1.21 bits per heavy atom. The van der Waals surface area contributed by atoms with Crippen LogP contribution in [-0.2, 0) is 13.6 Å². The van der Waals surface area contributed by atoms with E-state index in [0.717, 1.165) is 23.4 Å². The van der Waals surface area contributed by atoms with E-state index in [1.807, 2.05) is 54.6 Å². The van der Waals surface area contributed by atoms with Crippen molar-refractivity contribution in [2.24, 2.45) is 12.0 Å². The van der Waals surface area contributed by atoms with Crippen LogP contribution in [0.5, 0.6) is 0 Å². The number of aliphatic imine (C=N–C) groups is 1. The third kappa shape index (κ3) is 5.41. The number of para-hydroxylation sites is 1. The zero-order valence-corrected chi connectivity index (χ0v) is 19.1. The number of rotatable bonds is 6. The highest BCUT2D eigenvalue weighted by Crippen LogP contribution is 2.17. The summed E-state index contributed by atoms with van der Waals surface area (Å²) in [4.78, 5) is 10.9. The average Bonchev–Trinajstić information content (AvgIpc) is 3.10.